The van der Waals surface area contributed by atoms with Crippen molar-refractivity contribution in [1.82, 2.24) is 4.90 Å². The Kier molecular flexibility index (Phi) is 5.07. The first kappa shape index (κ1) is 12.3. The Morgan fingerprint density at radius 1 is 1.00 bits per heavy atom. The summed E-state index contributed by atoms with van der Waals surface area (Å²) in [5.74, 6) is 0. The van der Waals surface area contributed by atoms with E-state index in [4.69, 9.17) is 9.47 Å². The second-order valence-corrected chi connectivity index (χ2v) is 5.03. The van der Waals surface area contributed by atoms with Gasteiger partial charge in [0.1, 0.15) is 0 Å². The van der Waals surface area contributed by atoms with Gasteiger partial charge < -0.3 is 9.47 Å². The lowest BCUT2D eigenvalue weighted by Gasteiger charge is -2.27. The number of hydrogen-bond donors (Lipinski definition) is 0. The number of nitrogens with zero attached hydrogens (tertiary/aromatic N) is 1. The zero-order chi connectivity index (χ0) is 11.2. The highest BCUT2D eigenvalue weighted by molar-refractivity contribution is 4.75. The van der Waals surface area contributed by atoms with Crippen LogP contribution in [-0.2, 0) is 9.47 Å². The van der Waals surface area contributed by atoms with Gasteiger partial charge in [0, 0.05) is 26.3 Å². The minimum Gasteiger partial charge on any atom is -0.377 e. The first-order chi connectivity index (χ1) is 7.88. The van der Waals surface area contributed by atoms with Gasteiger partial charge in [-0.2, -0.15) is 0 Å². The van der Waals surface area contributed by atoms with Crippen LogP contribution < -0.4 is 0 Å². The Labute approximate surface area is 99.1 Å². The molecule has 3 heteroatoms. The third-order valence-electron chi connectivity index (χ3n) is 3.51. The van der Waals surface area contributed by atoms with Crippen LogP contribution in [0.5, 0.6) is 0 Å². The lowest BCUT2D eigenvalue weighted by molar-refractivity contribution is 0.0377. The molecule has 0 unspecified atom stereocenters. The molecule has 2 saturated heterocycles. The zero-order valence-corrected chi connectivity index (χ0v) is 10.5. The van der Waals surface area contributed by atoms with E-state index in [1.807, 2.05) is 0 Å². The molecule has 94 valence electrons. The number of ether oxygens (including phenoxy) is 2. The minimum absolute atomic E-state index is 0.480. The van der Waals surface area contributed by atoms with Crippen molar-refractivity contribution in [2.24, 2.45) is 0 Å². The monoisotopic (exact) mass is 227 g/mol. The molecule has 0 aliphatic carbocycles. The summed E-state index contributed by atoms with van der Waals surface area (Å²) in [7, 11) is 0. The fraction of sp³-hybridized carbons (Fsp3) is 1.00. The summed E-state index contributed by atoms with van der Waals surface area (Å²) >= 11 is 0. The average molecular weight is 227 g/mol. The molecule has 0 bridgehead atoms. The van der Waals surface area contributed by atoms with Gasteiger partial charge in [0.15, 0.2) is 0 Å². The SMILES string of the molecule is CCCN(C[C@H]1CCCO1)C[C@H]1CCCO1. The molecule has 0 radical (unpaired) electrons. The highest BCUT2D eigenvalue weighted by Gasteiger charge is 2.23. The Bertz CT molecular complexity index is 168. The molecule has 2 aliphatic heterocycles. The normalized spacial score (nSPS) is 30.4. The molecule has 2 aliphatic rings. The van der Waals surface area contributed by atoms with Crippen molar-refractivity contribution in [3.8, 4) is 0 Å². The molecule has 2 rings (SSSR count). The van der Waals surface area contributed by atoms with Crippen molar-refractivity contribution < 1.29 is 9.47 Å². The van der Waals surface area contributed by atoms with Crippen molar-refractivity contribution in [2.45, 2.75) is 51.2 Å². The molecule has 3 nitrogen and oxygen atoms in total. The topological polar surface area (TPSA) is 21.7 Å². The van der Waals surface area contributed by atoms with E-state index in [2.05, 4.69) is 11.8 Å². The van der Waals surface area contributed by atoms with Gasteiger partial charge in [-0.05, 0) is 38.6 Å². The fourth-order valence-corrected chi connectivity index (χ4v) is 2.73. The van der Waals surface area contributed by atoms with Crippen LogP contribution in [0.15, 0.2) is 0 Å². The van der Waals surface area contributed by atoms with Crippen molar-refractivity contribution in [1.29, 1.82) is 0 Å². The maximum absolute atomic E-state index is 5.71. The Balaban J connectivity index is 1.73. The van der Waals surface area contributed by atoms with Gasteiger partial charge in [0.05, 0.1) is 12.2 Å². The highest BCUT2D eigenvalue weighted by Crippen LogP contribution is 2.17. The van der Waals surface area contributed by atoms with E-state index in [-0.39, 0.29) is 0 Å². The van der Waals surface area contributed by atoms with Gasteiger partial charge in [-0.25, -0.2) is 0 Å². The van der Waals surface area contributed by atoms with Crippen LogP contribution in [0.25, 0.3) is 0 Å². The summed E-state index contributed by atoms with van der Waals surface area (Å²) in [6.07, 6.45) is 7.15. The largest absolute Gasteiger partial charge is 0.377 e. The summed E-state index contributed by atoms with van der Waals surface area (Å²) < 4.78 is 11.4. The highest BCUT2D eigenvalue weighted by atomic mass is 16.5. The maximum atomic E-state index is 5.71. The number of hydrogen-bond acceptors (Lipinski definition) is 3. The van der Waals surface area contributed by atoms with Gasteiger partial charge in [0.25, 0.3) is 0 Å². The summed E-state index contributed by atoms with van der Waals surface area (Å²) in [6, 6.07) is 0. The van der Waals surface area contributed by atoms with Gasteiger partial charge in [-0.3, -0.25) is 4.90 Å². The quantitative estimate of drug-likeness (QED) is 0.693. The van der Waals surface area contributed by atoms with Gasteiger partial charge >= 0.3 is 0 Å². The summed E-state index contributed by atoms with van der Waals surface area (Å²) in [5.41, 5.74) is 0. The summed E-state index contributed by atoms with van der Waals surface area (Å²) in [5, 5.41) is 0. The molecule has 0 aromatic carbocycles. The van der Waals surface area contributed by atoms with E-state index in [0.717, 1.165) is 26.3 Å². The summed E-state index contributed by atoms with van der Waals surface area (Å²) in [6.45, 7) is 7.56. The third-order valence-corrected chi connectivity index (χ3v) is 3.51. The van der Waals surface area contributed by atoms with Crippen molar-refractivity contribution in [3.05, 3.63) is 0 Å². The lowest BCUT2D eigenvalue weighted by Crippen LogP contribution is -2.38. The summed E-state index contributed by atoms with van der Waals surface area (Å²) in [4.78, 5) is 2.53. The zero-order valence-electron chi connectivity index (χ0n) is 10.5. The van der Waals surface area contributed by atoms with Crippen molar-refractivity contribution in [3.63, 3.8) is 0 Å². The molecule has 0 N–H and O–H groups in total. The molecule has 2 heterocycles. The predicted octanol–water partition coefficient (Wildman–Crippen LogP) is 2.06. The van der Waals surface area contributed by atoms with Crippen LogP contribution in [0, 0.1) is 0 Å². The van der Waals surface area contributed by atoms with Crippen LogP contribution in [0.1, 0.15) is 39.0 Å². The Hall–Kier alpha value is -0.120. The van der Waals surface area contributed by atoms with E-state index < -0.39 is 0 Å². The molecule has 16 heavy (non-hydrogen) atoms. The third kappa shape index (κ3) is 3.72. The molecule has 0 spiro atoms. The molecule has 2 fully saturated rings. The van der Waals surface area contributed by atoms with E-state index in [0.29, 0.717) is 12.2 Å². The average Bonchev–Trinajstić information content (AvgIpc) is 2.91. The first-order valence-electron chi connectivity index (χ1n) is 6.84. The van der Waals surface area contributed by atoms with Crippen molar-refractivity contribution >= 4 is 0 Å². The van der Waals surface area contributed by atoms with E-state index in [9.17, 15) is 0 Å². The molecule has 0 aromatic heterocycles. The molecular weight excluding hydrogens is 202 g/mol. The fourth-order valence-electron chi connectivity index (χ4n) is 2.73. The first-order valence-corrected chi connectivity index (χ1v) is 6.84. The smallest absolute Gasteiger partial charge is 0.0702 e. The second-order valence-electron chi connectivity index (χ2n) is 5.03. The standard InChI is InChI=1S/C13H25NO2/c1-2-7-14(10-12-5-3-8-15-12)11-13-6-4-9-16-13/h12-13H,2-11H2,1H3/t12-,13-/m1/s1. The van der Waals surface area contributed by atoms with Crippen LogP contribution in [0.4, 0.5) is 0 Å². The van der Waals surface area contributed by atoms with Gasteiger partial charge in [0.2, 0.25) is 0 Å². The predicted molar refractivity (Wildman–Crippen MR) is 64.7 cm³/mol. The van der Waals surface area contributed by atoms with E-state index in [1.54, 1.807) is 0 Å². The molecule has 0 amide bonds. The Morgan fingerprint density at radius 3 is 1.94 bits per heavy atom. The van der Waals surface area contributed by atoms with E-state index >= 15 is 0 Å². The molecule has 0 saturated carbocycles. The molecule has 0 aromatic rings. The van der Waals surface area contributed by atoms with Gasteiger partial charge in [-0.1, -0.05) is 6.92 Å². The molecule has 2 atom stereocenters. The minimum atomic E-state index is 0.480. The lowest BCUT2D eigenvalue weighted by atomic mass is 10.2. The van der Waals surface area contributed by atoms with Crippen LogP contribution in [0.2, 0.25) is 0 Å². The Morgan fingerprint density at radius 2 is 1.56 bits per heavy atom. The molecular formula is C13H25NO2. The van der Waals surface area contributed by atoms with Crippen LogP contribution in [-0.4, -0.2) is 50.0 Å². The second kappa shape index (κ2) is 6.58. The number of rotatable bonds is 6. The van der Waals surface area contributed by atoms with Crippen molar-refractivity contribution in [2.75, 3.05) is 32.8 Å². The van der Waals surface area contributed by atoms with Crippen LogP contribution in [0.3, 0.4) is 0 Å². The van der Waals surface area contributed by atoms with Crippen LogP contribution >= 0.6 is 0 Å². The maximum Gasteiger partial charge on any atom is 0.0702 e. The van der Waals surface area contributed by atoms with E-state index in [1.165, 1.54) is 38.6 Å². The van der Waals surface area contributed by atoms with Gasteiger partial charge in [-0.15, -0.1) is 0 Å².